The maximum atomic E-state index is 11.5. The van der Waals surface area contributed by atoms with Crippen LogP contribution in [-0.2, 0) is 4.74 Å². The highest BCUT2D eigenvalue weighted by Crippen LogP contribution is 2.42. The van der Waals surface area contributed by atoms with E-state index >= 15 is 0 Å². The molecule has 1 N–H and O–H groups in total. The largest absolute Gasteiger partial charge is 0.388 e. The van der Waals surface area contributed by atoms with Gasteiger partial charge in [0, 0.05) is 43.7 Å². The van der Waals surface area contributed by atoms with Gasteiger partial charge in [-0.3, -0.25) is 4.90 Å². The van der Waals surface area contributed by atoms with Gasteiger partial charge in [-0.05, 0) is 6.42 Å². The summed E-state index contributed by atoms with van der Waals surface area (Å²) in [6.07, 6.45) is 0.734. The maximum Gasteiger partial charge on any atom is 0.208 e. The molecule has 146 valence electrons. The van der Waals surface area contributed by atoms with Crippen molar-refractivity contribution in [1.82, 2.24) is 15.1 Å². The quantitative estimate of drug-likeness (QED) is 0.868. The number of benzene rings is 1. The summed E-state index contributed by atoms with van der Waals surface area (Å²) in [5, 5.41) is 22.2. The molecule has 0 amide bonds. The Hall–Kier alpha value is -1.54. The van der Waals surface area contributed by atoms with Crippen molar-refractivity contribution >= 4 is 16.5 Å². The van der Waals surface area contributed by atoms with Gasteiger partial charge < -0.3 is 14.7 Å². The van der Waals surface area contributed by atoms with Crippen molar-refractivity contribution in [3.05, 3.63) is 30.3 Å². The van der Waals surface area contributed by atoms with Gasteiger partial charge in [-0.1, -0.05) is 55.5 Å². The second-order valence-corrected chi connectivity index (χ2v) is 9.19. The highest BCUT2D eigenvalue weighted by molar-refractivity contribution is 7.18. The van der Waals surface area contributed by atoms with E-state index in [1.54, 1.807) is 11.3 Å². The van der Waals surface area contributed by atoms with Gasteiger partial charge in [-0.2, -0.15) is 0 Å². The van der Waals surface area contributed by atoms with Crippen LogP contribution in [-0.4, -0.2) is 71.7 Å². The molecule has 2 aromatic rings. The Labute approximate surface area is 164 Å². The minimum Gasteiger partial charge on any atom is -0.388 e. The Bertz CT molecular complexity index is 760. The van der Waals surface area contributed by atoms with Gasteiger partial charge in [0.2, 0.25) is 5.13 Å². The van der Waals surface area contributed by atoms with E-state index in [9.17, 15) is 5.11 Å². The van der Waals surface area contributed by atoms with Crippen molar-refractivity contribution in [2.45, 2.75) is 25.9 Å². The van der Waals surface area contributed by atoms with Crippen LogP contribution in [0.3, 0.4) is 0 Å². The van der Waals surface area contributed by atoms with E-state index in [0.717, 1.165) is 61.5 Å². The number of ether oxygens (including phenoxy) is 1. The van der Waals surface area contributed by atoms with Crippen LogP contribution >= 0.6 is 11.3 Å². The van der Waals surface area contributed by atoms with Gasteiger partial charge in [0.15, 0.2) is 0 Å². The van der Waals surface area contributed by atoms with Gasteiger partial charge in [-0.25, -0.2) is 0 Å². The van der Waals surface area contributed by atoms with Gasteiger partial charge in [0.05, 0.1) is 18.8 Å². The molecule has 1 aromatic carbocycles. The summed E-state index contributed by atoms with van der Waals surface area (Å²) in [5.74, 6) is 0. The van der Waals surface area contributed by atoms with Crippen molar-refractivity contribution in [1.29, 1.82) is 0 Å². The summed E-state index contributed by atoms with van der Waals surface area (Å²) in [5.41, 5.74) is 0.164. The highest BCUT2D eigenvalue weighted by Gasteiger charge is 2.49. The van der Waals surface area contributed by atoms with E-state index in [2.05, 4.69) is 46.0 Å². The molecular weight excluding hydrogens is 360 g/mol. The van der Waals surface area contributed by atoms with E-state index in [1.807, 2.05) is 18.2 Å². The van der Waals surface area contributed by atoms with E-state index in [1.165, 1.54) is 0 Å². The fourth-order valence-corrected chi connectivity index (χ4v) is 4.86. The number of β-amino-alcohol motifs (C(OH)–C–C–N with tert-alkyl or cyclic N) is 1. The molecule has 0 bridgehead atoms. The second-order valence-electron chi connectivity index (χ2n) is 8.23. The Morgan fingerprint density at radius 3 is 2.56 bits per heavy atom. The third kappa shape index (κ3) is 3.87. The molecule has 2 aliphatic rings. The molecular formula is C20H28N4O2S. The van der Waals surface area contributed by atoms with Crippen molar-refractivity contribution in [3.63, 3.8) is 0 Å². The summed E-state index contributed by atoms with van der Waals surface area (Å²) in [7, 11) is 0. The van der Waals surface area contributed by atoms with Gasteiger partial charge >= 0.3 is 0 Å². The lowest BCUT2D eigenvalue weighted by Crippen LogP contribution is -2.62. The number of anilines is 1. The topological polar surface area (TPSA) is 61.7 Å². The van der Waals surface area contributed by atoms with Crippen LogP contribution in [0.2, 0.25) is 0 Å². The summed E-state index contributed by atoms with van der Waals surface area (Å²) in [6, 6.07) is 10.2. The number of aliphatic hydroxyl groups is 1. The molecule has 3 heterocycles. The number of hydrogen-bond acceptors (Lipinski definition) is 7. The zero-order valence-corrected chi connectivity index (χ0v) is 16.9. The van der Waals surface area contributed by atoms with Gasteiger partial charge in [0.1, 0.15) is 5.01 Å². The molecule has 1 atom stereocenters. The predicted octanol–water partition coefficient (Wildman–Crippen LogP) is 2.50. The van der Waals surface area contributed by atoms with Crippen molar-refractivity contribution in [3.8, 4) is 10.6 Å². The molecule has 4 rings (SSSR count). The SMILES string of the molecule is CC1(C)CN(c2nnc(-c3ccccc3)s2)CC[C@@]1(O)CN1CCOCC1. The monoisotopic (exact) mass is 388 g/mol. The fraction of sp³-hybridized carbons (Fsp3) is 0.600. The van der Waals surface area contributed by atoms with Gasteiger partial charge in [-0.15, -0.1) is 10.2 Å². The molecule has 0 spiro atoms. The van der Waals surface area contributed by atoms with E-state index in [-0.39, 0.29) is 5.41 Å². The predicted molar refractivity (Wildman–Crippen MR) is 108 cm³/mol. The molecule has 0 aliphatic carbocycles. The lowest BCUT2D eigenvalue weighted by molar-refractivity contribution is -0.111. The van der Waals surface area contributed by atoms with Crippen LogP contribution in [0.1, 0.15) is 20.3 Å². The zero-order valence-electron chi connectivity index (χ0n) is 16.1. The minimum atomic E-state index is -0.701. The first-order valence-electron chi connectivity index (χ1n) is 9.63. The normalized spacial score (nSPS) is 26.3. The van der Waals surface area contributed by atoms with Crippen molar-refractivity contribution < 1.29 is 9.84 Å². The average molecular weight is 389 g/mol. The Balaban J connectivity index is 1.46. The summed E-state index contributed by atoms with van der Waals surface area (Å²) < 4.78 is 5.44. The summed E-state index contributed by atoms with van der Waals surface area (Å²) in [6.45, 7) is 9.94. The molecule has 0 unspecified atom stereocenters. The van der Waals surface area contributed by atoms with Gasteiger partial charge in [0.25, 0.3) is 0 Å². The fourth-order valence-electron chi connectivity index (χ4n) is 3.99. The average Bonchev–Trinajstić information content (AvgIpc) is 3.16. The van der Waals surface area contributed by atoms with Crippen LogP contribution in [0.25, 0.3) is 10.6 Å². The number of hydrogen-bond donors (Lipinski definition) is 1. The standard InChI is InChI=1S/C20H28N4O2S/c1-19(2)14-24(9-8-20(19,25)15-23-10-12-26-13-11-23)18-22-21-17(27-18)16-6-4-3-5-7-16/h3-7,25H,8-15H2,1-2H3/t20-/m1/s1. The molecule has 2 fully saturated rings. The number of aromatic nitrogens is 2. The Morgan fingerprint density at radius 2 is 1.85 bits per heavy atom. The number of piperidine rings is 1. The summed E-state index contributed by atoms with van der Waals surface area (Å²) >= 11 is 1.62. The zero-order chi connectivity index (χ0) is 18.9. The molecule has 2 aliphatic heterocycles. The lowest BCUT2D eigenvalue weighted by Gasteiger charge is -2.52. The van der Waals surface area contributed by atoms with Crippen molar-refractivity contribution in [2.24, 2.45) is 5.41 Å². The Kier molecular flexibility index (Phi) is 5.20. The first-order valence-corrected chi connectivity index (χ1v) is 10.4. The molecule has 2 saturated heterocycles. The van der Waals surface area contributed by atoms with Crippen LogP contribution in [0.4, 0.5) is 5.13 Å². The van der Waals surface area contributed by atoms with E-state index in [4.69, 9.17) is 4.74 Å². The maximum absolute atomic E-state index is 11.5. The molecule has 1 aromatic heterocycles. The first-order chi connectivity index (χ1) is 13.0. The number of nitrogens with zero attached hydrogens (tertiary/aromatic N) is 4. The van der Waals surface area contributed by atoms with E-state index < -0.39 is 5.60 Å². The molecule has 27 heavy (non-hydrogen) atoms. The van der Waals surface area contributed by atoms with Crippen LogP contribution in [0.5, 0.6) is 0 Å². The second kappa shape index (κ2) is 7.47. The Morgan fingerprint density at radius 1 is 1.11 bits per heavy atom. The lowest BCUT2D eigenvalue weighted by atomic mass is 9.69. The third-order valence-corrected chi connectivity index (χ3v) is 6.97. The summed E-state index contributed by atoms with van der Waals surface area (Å²) in [4.78, 5) is 4.61. The van der Waals surface area contributed by atoms with E-state index in [0.29, 0.717) is 6.54 Å². The van der Waals surface area contributed by atoms with Crippen LogP contribution in [0.15, 0.2) is 30.3 Å². The highest BCUT2D eigenvalue weighted by atomic mass is 32.1. The van der Waals surface area contributed by atoms with Crippen LogP contribution in [0, 0.1) is 5.41 Å². The first kappa shape index (κ1) is 18.8. The van der Waals surface area contributed by atoms with Crippen LogP contribution < -0.4 is 4.90 Å². The number of morpholine rings is 1. The molecule has 6 nitrogen and oxygen atoms in total. The molecule has 7 heteroatoms. The molecule has 0 radical (unpaired) electrons. The number of rotatable bonds is 4. The third-order valence-electron chi connectivity index (χ3n) is 5.94. The minimum absolute atomic E-state index is 0.234. The van der Waals surface area contributed by atoms with Crippen molar-refractivity contribution in [2.75, 3.05) is 50.8 Å². The molecule has 0 saturated carbocycles. The smallest absolute Gasteiger partial charge is 0.208 e.